The molecule has 0 saturated heterocycles. The first-order valence-corrected chi connectivity index (χ1v) is 6.88. The maximum Gasteiger partial charge on any atom is 0.259 e. The van der Waals surface area contributed by atoms with Crippen molar-refractivity contribution >= 4 is 28.8 Å². The van der Waals surface area contributed by atoms with Gasteiger partial charge in [0.05, 0.1) is 11.3 Å². The Morgan fingerprint density at radius 2 is 2.00 bits per heavy atom. The lowest BCUT2D eigenvalue weighted by Gasteiger charge is -2.20. The standard InChI is InChI=1S/C14H15N3O2S/c1-9-7-20-8-11(9)14(18)17(2)12-6-4-3-5-10(12)13(15)16-19/h3-8,19H,1-2H3,(H2,15,16). The van der Waals surface area contributed by atoms with Gasteiger partial charge in [0, 0.05) is 18.0 Å². The minimum atomic E-state index is -0.123. The summed E-state index contributed by atoms with van der Waals surface area (Å²) >= 11 is 1.49. The highest BCUT2D eigenvalue weighted by atomic mass is 32.1. The SMILES string of the molecule is Cc1cscc1C(=O)N(C)c1ccccc1/C(N)=N/O. The zero-order valence-corrected chi connectivity index (χ0v) is 12.0. The van der Waals surface area contributed by atoms with E-state index < -0.39 is 0 Å². The van der Waals surface area contributed by atoms with Crippen molar-refractivity contribution < 1.29 is 10.0 Å². The van der Waals surface area contributed by atoms with E-state index in [9.17, 15) is 4.79 Å². The minimum absolute atomic E-state index is 0.0257. The zero-order chi connectivity index (χ0) is 14.7. The molecule has 0 aliphatic carbocycles. The van der Waals surface area contributed by atoms with E-state index in [-0.39, 0.29) is 11.7 Å². The molecule has 6 heteroatoms. The predicted molar refractivity (Wildman–Crippen MR) is 80.7 cm³/mol. The number of carbonyl (C=O) groups is 1. The highest BCUT2D eigenvalue weighted by Gasteiger charge is 2.19. The van der Waals surface area contributed by atoms with Gasteiger partial charge in [-0.1, -0.05) is 17.3 Å². The van der Waals surface area contributed by atoms with Crippen LogP contribution in [0.1, 0.15) is 21.5 Å². The Balaban J connectivity index is 2.42. The normalized spacial score (nSPS) is 11.4. The smallest absolute Gasteiger partial charge is 0.259 e. The highest BCUT2D eigenvalue weighted by Crippen LogP contribution is 2.23. The molecule has 0 fully saturated rings. The van der Waals surface area contributed by atoms with E-state index in [4.69, 9.17) is 10.9 Å². The topological polar surface area (TPSA) is 78.9 Å². The van der Waals surface area contributed by atoms with Gasteiger partial charge in [-0.15, -0.1) is 0 Å². The summed E-state index contributed by atoms with van der Waals surface area (Å²) in [6, 6.07) is 7.03. The molecule has 1 heterocycles. The third kappa shape index (κ3) is 2.50. The number of benzene rings is 1. The van der Waals surface area contributed by atoms with E-state index in [0.29, 0.717) is 16.8 Å². The summed E-state index contributed by atoms with van der Waals surface area (Å²) in [5.41, 5.74) is 8.35. The number of oxime groups is 1. The van der Waals surface area contributed by atoms with E-state index in [1.165, 1.54) is 16.2 Å². The Bertz CT molecular complexity index is 664. The van der Waals surface area contributed by atoms with Gasteiger partial charge < -0.3 is 15.8 Å². The fourth-order valence-electron chi connectivity index (χ4n) is 1.91. The van der Waals surface area contributed by atoms with Gasteiger partial charge in [-0.2, -0.15) is 11.3 Å². The molecule has 2 aromatic rings. The van der Waals surface area contributed by atoms with Gasteiger partial charge in [0.25, 0.3) is 5.91 Å². The Labute approximate surface area is 120 Å². The van der Waals surface area contributed by atoms with Gasteiger partial charge >= 0.3 is 0 Å². The van der Waals surface area contributed by atoms with Gasteiger partial charge in [-0.3, -0.25) is 4.79 Å². The van der Waals surface area contributed by atoms with Crippen LogP contribution in [-0.2, 0) is 0 Å². The van der Waals surface area contributed by atoms with Crippen LogP contribution in [0.3, 0.4) is 0 Å². The molecule has 5 nitrogen and oxygen atoms in total. The molecular formula is C14H15N3O2S. The minimum Gasteiger partial charge on any atom is -0.409 e. The lowest BCUT2D eigenvalue weighted by molar-refractivity contribution is 0.0993. The molecule has 1 aromatic heterocycles. The number of amides is 1. The van der Waals surface area contributed by atoms with Gasteiger partial charge in [0.1, 0.15) is 0 Å². The molecule has 0 aliphatic rings. The van der Waals surface area contributed by atoms with Crippen molar-refractivity contribution in [3.63, 3.8) is 0 Å². The number of rotatable bonds is 3. The lowest BCUT2D eigenvalue weighted by atomic mass is 10.1. The molecule has 0 aliphatic heterocycles. The van der Waals surface area contributed by atoms with Gasteiger partial charge in [0.2, 0.25) is 0 Å². The third-order valence-electron chi connectivity index (χ3n) is 3.04. The maximum atomic E-state index is 12.5. The number of nitrogens with two attached hydrogens (primary N) is 1. The number of thiophene rings is 1. The van der Waals surface area contributed by atoms with Crippen molar-refractivity contribution in [3.05, 3.63) is 51.7 Å². The molecule has 20 heavy (non-hydrogen) atoms. The summed E-state index contributed by atoms with van der Waals surface area (Å²) in [6.45, 7) is 1.90. The number of carbonyl (C=O) groups excluding carboxylic acids is 1. The first-order chi connectivity index (χ1) is 9.56. The van der Waals surface area contributed by atoms with Crippen LogP contribution in [0, 0.1) is 6.92 Å². The van der Waals surface area contributed by atoms with Crippen LogP contribution in [0.4, 0.5) is 5.69 Å². The second-order valence-electron chi connectivity index (χ2n) is 4.34. The van der Waals surface area contributed by atoms with E-state index >= 15 is 0 Å². The fraction of sp³-hybridized carbons (Fsp3) is 0.143. The number of aryl methyl sites for hydroxylation is 1. The Morgan fingerprint density at radius 1 is 1.30 bits per heavy atom. The fourth-order valence-corrected chi connectivity index (χ4v) is 2.73. The predicted octanol–water partition coefficient (Wildman–Crippen LogP) is 2.43. The van der Waals surface area contributed by atoms with Crippen molar-refractivity contribution in [1.82, 2.24) is 0 Å². The van der Waals surface area contributed by atoms with Crippen LogP contribution >= 0.6 is 11.3 Å². The quantitative estimate of drug-likeness (QED) is 0.394. The van der Waals surface area contributed by atoms with Crippen LogP contribution in [0.5, 0.6) is 0 Å². The first kappa shape index (κ1) is 14.1. The summed E-state index contributed by atoms with van der Waals surface area (Å²) in [4.78, 5) is 14.0. The van der Waals surface area contributed by atoms with Crippen molar-refractivity contribution in [2.45, 2.75) is 6.92 Å². The van der Waals surface area contributed by atoms with Crippen LogP contribution in [-0.4, -0.2) is 24.0 Å². The molecule has 0 radical (unpaired) electrons. The van der Waals surface area contributed by atoms with E-state index in [1.54, 1.807) is 31.3 Å². The second-order valence-corrected chi connectivity index (χ2v) is 5.08. The van der Waals surface area contributed by atoms with Gasteiger partial charge in [-0.25, -0.2) is 0 Å². The summed E-state index contributed by atoms with van der Waals surface area (Å²) in [5, 5.41) is 15.6. The molecule has 0 saturated carbocycles. The second kappa shape index (κ2) is 5.75. The number of hydrogen-bond donors (Lipinski definition) is 2. The van der Waals surface area contributed by atoms with Crippen LogP contribution in [0.15, 0.2) is 40.2 Å². The average molecular weight is 289 g/mol. The van der Waals surface area contributed by atoms with Crippen molar-refractivity contribution in [2.75, 3.05) is 11.9 Å². The molecule has 0 bridgehead atoms. The largest absolute Gasteiger partial charge is 0.409 e. The Hall–Kier alpha value is -2.34. The Morgan fingerprint density at radius 3 is 2.60 bits per heavy atom. The summed E-state index contributed by atoms with van der Waals surface area (Å²) in [5.74, 6) is -0.149. The van der Waals surface area contributed by atoms with Crippen LogP contribution < -0.4 is 10.6 Å². The van der Waals surface area contributed by atoms with Crippen molar-refractivity contribution in [1.29, 1.82) is 0 Å². The number of hydrogen-bond acceptors (Lipinski definition) is 4. The van der Waals surface area contributed by atoms with E-state index in [0.717, 1.165) is 5.56 Å². The van der Waals surface area contributed by atoms with Crippen molar-refractivity contribution in [2.24, 2.45) is 10.9 Å². The number of para-hydroxylation sites is 1. The number of nitrogens with zero attached hydrogens (tertiary/aromatic N) is 2. The van der Waals surface area contributed by atoms with Crippen LogP contribution in [0.2, 0.25) is 0 Å². The summed E-state index contributed by atoms with van der Waals surface area (Å²) in [6.07, 6.45) is 0. The number of anilines is 1. The molecule has 2 rings (SSSR count). The van der Waals surface area contributed by atoms with E-state index in [2.05, 4.69) is 5.16 Å². The average Bonchev–Trinajstić information content (AvgIpc) is 2.91. The monoisotopic (exact) mass is 289 g/mol. The van der Waals surface area contributed by atoms with Crippen LogP contribution in [0.25, 0.3) is 0 Å². The zero-order valence-electron chi connectivity index (χ0n) is 11.2. The maximum absolute atomic E-state index is 12.5. The summed E-state index contributed by atoms with van der Waals surface area (Å²) < 4.78 is 0. The van der Waals surface area contributed by atoms with Gasteiger partial charge in [0.15, 0.2) is 5.84 Å². The summed E-state index contributed by atoms with van der Waals surface area (Å²) in [7, 11) is 1.67. The molecule has 1 amide bonds. The van der Waals surface area contributed by atoms with E-state index in [1.807, 2.05) is 17.7 Å². The Kier molecular flexibility index (Phi) is 4.05. The molecule has 104 valence electrons. The molecule has 0 unspecified atom stereocenters. The highest BCUT2D eigenvalue weighted by molar-refractivity contribution is 7.08. The lowest BCUT2D eigenvalue weighted by Crippen LogP contribution is -2.29. The number of amidine groups is 1. The third-order valence-corrected chi connectivity index (χ3v) is 3.90. The molecule has 0 spiro atoms. The molecule has 0 atom stereocenters. The first-order valence-electron chi connectivity index (χ1n) is 5.94. The van der Waals surface area contributed by atoms with Gasteiger partial charge in [-0.05, 0) is 30.0 Å². The molecule has 1 aromatic carbocycles. The molecule has 3 N–H and O–H groups in total. The molecular weight excluding hydrogens is 274 g/mol. The van der Waals surface area contributed by atoms with Crippen molar-refractivity contribution in [3.8, 4) is 0 Å².